The molecule has 0 heterocycles. The number of hydrogen-bond donors (Lipinski definition) is 1. The average Bonchev–Trinajstić information content (AvgIpc) is 2.28. The van der Waals surface area contributed by atoms with Crippen LogP contribution in [0.25, 0.3) is 0 Å². The number of hydrogen-bond acceptors (Lipinski definition) is 3. The SMILES string of the molecule is COc1cc(Cl)ccc1C(=O)NC(C)C#N. The van der Waals surface area contributed by atoms with Crippen molar-refractivity contribution in [1.29, 1.82) is 5.26 Å². The minimum atomic E-state index is -0.548. The van der Waals surface area contributed by atoms with Gasteiger partial charge in [-0.25, -0.2) is 0 Å². The molecule has 1 unspecified atom stereocenters. The highest BCUT2D eigenvalue weighted by Gasteiger charge is 2.14. The second kappa shape index (κ2) is 5.38. The number of nitriles is 1. The lowest BCUT2D eigenvalue weighted by molar-refractivity contribution is 0.0945. The van der Waals surface area contributed by atoms with Gasteiger partial charge in [-0.1, -0.05) is 11.6 Å². The highest BCUT2D eigenvalue weighted by molar-refractivity contribution is 6.30. The Kier molecular flexibility index (Phi) is 4.15. The van der Waals surface area contributed by atoms with Crippen molar-refractivity contribution in [3.05, 3.63) is 28.8 Å². The molecule has 0 saturated carbocycles. The number of nitrogens with one attached hydrogen (secondary N) is 1. The number of carbonyl (C=O) groups excluding carboxylic acids is 1. The Bertz CT molecular complexity index is 440. The molecule has 1 N–H and O–H groups in total. The number of rotatable bonds is 3. The molecular formula is C11H11ClN2O2. The van der Waals surface area contributed by atoms with Gasteiger partial charge in [0.05, 0.1) is 18.7 Å². The molecule has 0 saturated heterocycles. The normalized spacial score (nSPS) is 11.4. The summed E-state index contributed by atoms with van der Waals surface area (Å²) in [6.45, 7) is 1.60. The van der Waals surface area contributed by atoms with Crippen LogP contribution in [0, 0.1) is 11.3 Å². The fourth-order valence-electron chi connectivity index (χ4n) is 1.16. The summed E-state index contributed by atoms with van der Waals surface area (Å²) in [5.41, 5.74) is 0.356. The number of methoxy groups -OCH3 is 1. The maximum Gasteiger partial charge on any atom is 0.256 e. The molecule has 1 atom stereocenters. The van der Waals surface area contributed by atoms with E-state index in [1.807, 2.05) is 6.07 Å². The maximum absolute atomic E-state index is 11.7. The largest absolute Gasteiger partial charge is 0.496 e. The lowest BCUT2D eigenvalue weighted by atomic mass is 10.2. The molecule has 0 fully saturated rings. The zero-order valence-corrected chi connectivity index (χ0v) is 9.71. The first kappa shape index (κ1) is 12.3. The standard InChI is InChI=1S/C11H11ClN2O2/c1-7(6-13)14-11(15)9-4-3-8(12)5-10(9)16-2/h3-5,7H,1-2H3,(H,14,15). The molecule has 0 bridgehead atoms. The summed E-state index contributed by atoms with van der Waals surface area (Å²) < 4.78 is 5.03. The number of halogens is 1. The number of benzene rings is 1. The first-order chi connectivity index (χ1) is 7.58. The van der Waals surface area contributed by atoms with Gasteiger partial charge < -0.3 is 10.1 Å². The molecule has 0 aliphatic carbocycles. The third-order valence-electron chi connectivity index (χ3n) is 1.95. The van der Waals surface area contributed by atoms with Crippen LogP contribution in [0.15, 0.2) is 18.2 Å². The van der Waals surface area contributed by atoms with E-state index in [9.17, 15) is 4.79 Å². The maximum atomic E-state index is 11.7. The van der Waals surface area contributed by atoms with Gasteiger partial charge in [-0.05, 0) is 25.1 Å². The molecule has 0 radical (unpaired) electrons. The molecule has 4 nitrogen and oxygen atoms in total. The summed E-state index contributed by atoms with van der Waals surface area (Å²) in [6.07, 6.45) is 0. The van der Waals surface area contributed by atoms with Crippen LogP contribution in [0.5, 0.6) is 5.75 Å². The molecule has 1 aromatic rings. The van der Waals surface area contributed by atoms with Gasteiger partial charge in [-0.15, -0.1) is 0 Å². The van der Waals surface area contributed by atoms with E-state index in [4.69, 9.17) is 21.6 Å². The fourth-order valence-corrected chi connectivity index (χ4v) is 1.32. The van der Waals surface area contributed by atoms with Gasteiger partial charge in [0.25, 0.3) is 5.91 Å². The van der Waals surface area contributed by atoms with Crippen molar-refractivity contribution in [2.45, 2.75) is 13.0 Å². The van der Waals surface area contributed by atoms with E-state index < -0.39 is 6.04 Å². The minimum Gasteiger partial charge on any atom is -0.496 e. The van der Waals surface area contributed by atoms with Crippen molar-refractivity contribution in [3.8, 4) is 11.8 Å². The van der Waals surface area contributed by atoms with Gasteiger partial charge in [-0.3, -0.25) is 4.79 Å². The topological polar surface area (TPSA) is 62.1 Å². The van der Waals surface area contributed by atoms with Crippen LogP contribution in [0.2, 0.25) is 5.02 Å². The van der Waals surface area contributed by atoms with Gasteiger partial charge in [-0.2, -0.15) is 5.26 Å². The Morgan fingerprint density at radius 1 is 1.62 bits per heavy atom. The van der Waals surface area contributed by atoms with Crippen LogP contribution in [0.3, 0.4) is 0 Å². The van der Waals surface area contributed by atoms with Crippen LogP contribution >= 0.6 is 11.6 Å². The van der Waals surface area contributed by atoms with Gasteiger partial charge >= 0.3 is 0 Å². The van der Waals surface area contributed by atoms with Crippen molar-refractivity contribution >= 4 is 17.5 Å². The smallest absolute Gasteiger partial charge is 0.256 e. The van der Waals surface area contributed by atoms with Crippen molar-refractivity contribution in [2.75, 3.05) is 7.11 Å². The summed E-state index contributed by atoms with van der Waals surface area (Å²) in [5, 5.41) is 11.6. The van der Waals surface area contributed by atoms with E-state index in [-0.39, 0.29) is 5.91 Å². The molecule has 1 rings (SSSR count). The van der Waals surface area contributed by atoms with Crippen LogP contribution < -0.4 is 10.1 Å². The first-order valence-corrected chi connectivity index (χ1v) is 5.00. The van der Waals surface area contributed by atoms with Crippen molar-refractivity contribution in [3.63, 3.8) is 0 Å². The second-order valence-electron chi connectivity index (χ2n) is 3.17. The molecular weight excluding hydrogens is 228 g/mol. The summed E-state index contributed by atoms with van der Waals surface area (Å²) in [5.74, 6) is 0.0257. The third-order valence-corrected chi connectivity index (χ3v) is 2.18. The molecule has 0 aliphatic heterocycles. The minimum absolute atomic E-state index is 0.356. The molecule has 1 amide bonds. The predicted molar refractivity (Wildman–Crippen MR) is 60.5 cm³/mol. The van der Waals surface area contributed by atoms with Gasteiger partial charge in [0.2, 0.25) is 0 Å². The quantitative estimate of drug-likeness (QED) is 0.876. The summed E-state index contributed by atoms with van der Waals surface area (Å²) in [7, 11) is 1.45. The number of carbonyl (C=O) groups is 1. The number of ether oxygens (including phenoxy) is 1. The number of amides is 1. The Labute approximate surface area is 98.8 Å². The van der Waals surface area contributed by atoms with E-state index in [2.05, 4.69) is 5.32 Å². The lowest BCUT2D eigenvalue weighted by Crippen LogP contribution is -2.31. The van der Waals surface area contributed by atoms with Crippen molar-refractivity contribution in [2.24, 2.45) is 0 Å². The molecule has 16 heavy (non-hydrogen) atoms. The fraction of sp³-hybridized carbons (Fsp3) is 0.273. The highest BCUT2D eigenvalue weighted by atomic mass is 35.5. The zero-order chi connectivity index (χ0) is 12.1. The number of nitrogens with zero attached hydrogens (tertiary/aromatic N) is 1. The molecule has 0 aromatic heterocycles. The molecule has 5 heteroatoms. The summed E-state index contributed by atoms with van der Waals surface area (Å²) in [4.78, 5) is 11.7. The Balaban J connectivity index is 2.96. The predicted octanol–water partition coefficient (Wildman–Crippen LogP) is 1.99. The Morgan fingerprint density at radius 3 is 2.88 bits per heavy atom. The van der Waals surface area contributed by atoms with E-state index in [1.54, 1.807) is 25.1 Å². The summed E-state index contributed by atoms with van der Waals surface area (Å²) in [6, 6.07) is 6.07. The van der Waals surface area contributed by atoms with Gasteiger partial charge in [0, 0.05) is 5.02 Å². The molecule has 0 aliphatic rings. The van der Waals surface area contributed by atoms with Crippen LogP contribution in [-0.2, 0) is 0 Å². The van der Waals surface area contributed by atoms with Crippen LogP contribution in [0.4, 0.5) is 0 Å². The monoisotopic (exact) mass is 238 g/mol. The summed E-state index contributed by atoms with van der Waals surface area (Å²) >= 11 is 5.77. The molecule has 1 aromatic carbocycles. The third kappa shape index (κ3) is 2.88. The van der Waals surface area contributed by atoms with Gasteiger partial charge in [0.15, 0.2) is 0 Å². The van der Waals surface area contributed by atoms with Crippen LogP contribution in [0.1, 0.15) is 17.3 Å². The highest BCUT2D eigenvalue weighted by Crippen LogP contribution is 2.22. The second-order valence-corrected chi connectivity index (χ2v) is 3.61. The Morgan fingerprint density at radius 2 is 2.31 bits per heavy atom. The first-order valence-electron chi connectivity index (χ1n) is 4.62. The van der Waals surface area contributed by atoms with E-state index >= 15 is 0 Å². The lowest BCUT2D eigenvalue weighted by Gasteiger charge is -2.10. The molecule has 84 valence electrons. The van der Waals surface area contributed by atoms with E-state index in [0.717, 1.165) is 0 Å². The van der Waals surface area contributed by atoms with Crippen molar-refractivity contribution < 1.29 is 9.53 Å². The average molecular weight is 239 g/mol. The zero-order valence-electron chi connectivity index (χ0n) is 8.95. The van der Waals surface area contributed by atoms with E-state index in [0.29, 0.717) is 16.3 Å². The van der Waals surface area contributed by atoms with Crippen molar-refractivity contribution in [1.82, 2.24) is 5.32 Å². The van der Waals surface area contributed by atoms with E-state index in [1.165, 1.54) is 7.11 Å². The van der Waals surface area contributed by atoms with Gasteiger partial charge in [0.1, 0.15) is 11.8 Å². The van der Waals surface area contributed by atoms with Crippen LogP contribution in [-0.4, -0.2) is 19.1 Å². The Hall–Kier alpha value is -1.73. The molecule has 0 spiro atoms.